The highest BCUT2D eigenvalue weighted by Crippen LogP contribution is 2.27. The molecule has 0 aromatic heterocycles. The third-order valence-corrected chi connectivity index (χ3v) is 3.29. The molecule has 0 bridgehead atoms. The second-order valence-corrected chi connectivity index (χ2v) is 6.81. The number of ether oxygens (including phenoxy) is 1. The molecule has 122 valence electrons. The van der Waals surface area contributed by atoms with Gasteiger partial charge in [-0.2, -0.15) is 0 Å². The van der Waals surface area contributed by atoms with Gasteiger partial charge in [0.15, 0.2) is 0 Å². The maximum atomic E-state index is 12.1. The first-order valence-corrected chi connectivity index (χ1v) is 7.09. The zero-order valence-corrected chi connectivity index (χ0v) is 13.0. The Kier molecular flexibility index (Phi) is 11.0. The van der Waals surface area contributed by atoms with Gasteiger partial charge in [-0.3, -0.25) is 4.79 Å². The van der Waals surface area contributed by atoms with Crippen LogP contribution in [0.15, 0.2) is 0 Å². The Morgan fingerprint density at radius 3 is 2.00 bits per heavy atom. The normalized spacial score (nSPS) is 13.2. The minimum atomic E-state index is -0.376. The van der Waals surface area contributed by atoms with Gasteiger partial charge in [0.25, 0.3) is 0 Å². The van der Waals surface area contributed by atoms with E-state index in [9.17, 15) is 4.79 Å². The van der Waals surface area contributed by atoms with Crippen LogP contribution in [0.3, 0.4) is 0 Å². The summed E-state index contributed by atoms with van der Waals surface area (Å²) in [5, 5.41) is 17.9. The Bertz CT molecular complexity index is 252. The number of aliphatic hydroxyl groups excluding tert-OH is 2. The predicted octanol–water partition coefficient (Wildman–Crippen LogP) is 2.87. The van der Waals surface area contributed by atoms with E-state index in [-0.39, 0.29) is 56.4 Å². The van der Waals surface area contributed by atoms with Gasteiger partial charge >= 0.3 is 5.97 Å². The van der Waals surface area contributed by atoms with Crippen molar-refractivity contribution >= 4 is 5.97 Å². The Balaban J connectivity index is 0. The Morgan fingerprint density at radius 2 is 1.65 bits per heavy atom. The molecule has 0 spiro atoms. The van der Waals surface area contributed by atoms with Crippen molar-refractivity contribution in [2.24, 2.45) is 23.2 Å². The number of esters is 1. The van der Waals surface area contributed by atoms with E-state index < -0.39 is 0 Å². The summed E-state index contributed by atoms with van der Waals surface area (Å²) < 4.78 is 5.22. The van der Waals surface area contributed by atoms with E-state index in [0.717, 1.165) is 12.8 Å². The minimum absolute atomic E-state index is 0. The molecular formula is C16H34O4. The fourth-order valence-corrected chi connectivity index (χ4v) is 1.78. The molecule has 20 heavy (non-hydrogen) atoms. The van der Waals surface area contributed by atoms with Crippen LogP contribution in [-0.2, 0) is 9.53 Å². The molecule has 0 radical (unpaired) electrons. The first-order chi connectivity index (χ1) is 8.71. The van der Waals surface area contributed by atoms with Crippen LogP contribution < -0.4 is 0 Å². The third kappa shape index (κ3) is 9.32. The molecule has 0 aliphatic carbocycles. The van der Waals surface area contributed by atoms with Crippen LogP contribution in [-0.4, -0.2) is 36.0 Å². The molecule has 0 rings (SSSR count). The number of carbonyl (C=O) groups excluding carboxylic acids is 1. The summed E-state index contributed by atoms with van der Waals surface area (Å²) in [5.74, 6) is -0.473. The van der Waals surface area contributed by atoms with Gasteiger partial charge < -0.3 is 14.9 Å². The average molecular weight is 290 g/mol. The zero-order valence-electron chi connectivity index (χ0n) is 13.0. The quantitative estimate of drug-likeness (QED) is 0.675. The number of carbonyl (C=O) groups is 1. The molecule has 0 amide bonds. The Labute approximate surface area is 124 Å². The SMILES string of the molecule is C.CC(C)C(CCC(C)(C)C)C(=O)OCC(CO)CO. The highest BCUT2D eigenvalue weighted by Gasteiger charge is 2.26. The van der Waals surface area contributed by atoms with Gasteiger partial charge in [0.05, 0.1) is 25.7 Å². The van der Waals surface area contributed by atoms with E-state index in [0.29, 0.717) is 0 Å². The van der Waals surface area contributed by atoms with Gasteiger partial charge in [-0.1, -0.05) is 42.0 Å². The first-order valence-electron chi connectivity index (χ1n) is 7.09. The molecule has 1 unspecified atom stereocenters. The van der Waals surface area contributed by atoms with Crippen LogP contribution in [0, 0.1) is 23.2 Å². The molecule has 0 heterocycles. The summed E-state index contributed by atoms with van der Waals surface area (Å²) in [6.07, 6.45) is 1.78. The first kappa shape index (κ1) is 21.7. The van der Waals surface area contributed by atoms with Crippen LogP contribution in [0.25, 0.3) is 0 Å². The van der Waals surface area contributed by atoms with Crippen molar-refractivity contribution in [1.82, 2.24) is 0 Å². The van der Waals surface area contributed by atoms with Crippen molar-refractivity contribution in [3.8, 4) is 0 Å². The molecule has 0 aliphatic heterocycles. The molecule has 0 saturated carbocycles. The van der Waals surface area contributed by atoms with Crippen LogP contribution in [0.4, 0.5) is 0 Å². The van der Waals surface area contributed by atoms with Crippen molar-refractivity contribution in [2.45, 2.75) is 54.9 Å². The van der Waals surface area contributed by atoms with Gasteiger partial charge in [0.1, 0.15) is 0 Å². The predicted molar refractivity (Wildman–Crippen MR) is 82.4 cm³/mol. The second-order valence-electron chi connectivity index (χ2n) is 6.81. The molecular weight excluding hydrogens is 256 g/mol. The summed E-state index contributed by atoms with van der Waals surface area (Å²) >= 11 is 0. The van der Waals surface area contributed by atoms with Crippen molar-refractivity contribution in [2.75, 3.05) is 19.8 Å². The van der Waals surface area contributed by atoms with E-state index >= 15 is 0 Å². The van der Waals surface area contributed by atoms with E-state index in [4.69, 9.17) is 14.9 Å². The minimum Gasteiger partial charge on any atom is -0.465 e. The third-order valence-electron chi connectivity index (χ3n) is 3.29. The Morgan fingerprint density at radius 1 is 1.15 bits per heavy atom. The summed E-state index contributed by atoms with van der Waals surface area (Å²) in [7, 11) is 0. The van der Waals surface area contributed by atoms with Gasteiger partial charge in [-0.15, -0.1) is 0 Å². The molecule has 4 heteroatoms. The lowest BCUT2D eigenvalue weighted by molar-refractivity contribution is -0.152. The van der Waals surface area contributed by atoms with Gasteiger partial charge in [0.2, 0.25) is 0 Å². The maximum absolute atomic E-state index is 12.1. The van der Waals surface area contributed by atoms with Gasteiger partial charge in [-0.05, 0) is 24.2 Å². The van der Waals surface area contributed by atoms with Crippen LogP contribution in [0.1, 0.15) is 54.9 Å². The number of aliphatic hydroxyl groups is 2. The van der Waals surface area contributed by atoms with Crippen LogP contribution in [0.5, 0.6) is 0 Å². The highest BCUT2D eigenvalue weighted by molar-refractivity contribution is 5.72. The van der Waals surface area contributed by atoms with Crippen LogP contribution in [0.2, 0.25) is 0 Å². The fourth-order valence-electron chi connectivity index (χ4n) is 1.78. The van der Waals surface area contributed by atoms with E-state index in [2.05, 4.69) is 20.8 Å². The van der Waals surface area contributed by atoms with Crippen molar-refractivity contribution in [1.29, 1.82) is 0 Å². The summed E-state index contributed by atoms with van der Waals surface area (Å²) in [4.78, 5) is 12.1. The zero-order chi connectivity index (χ0) is 15.1. The van der Waals surface area contributed by atoms with Gasteiger partial charge in [-0.25, -0.2) is 0 Å². The smallest absolute Gasteiger partial charge is 0.309 e. The number of hydrogen-bond donors (Lipinski definition) is 2. The van der Waals surface area contributed by atoms with E-state index in [1.54, 1.807) is 0 Å². The monoisotopic (exact) mass is 290 g/mol. The lowest BCUT2D eigenvalue weighted by Crippen LogP contribution is -2.28. The molecule has 0 saturated heterocycles. The largest absolute Gasteiger partial charge is 0.465 e. The number of rotatable bonds is 8. The molecule has 0 aromatic rings. The molecule has 0 fully saturated rings. The number of hydrogen-bond acceptors (Lipinski definition) is 4. The topological polar surface area (TPSA) is 66.8 Å². The van der Waals surface area contributed by atoms with Crippen LogP contribution >= 0.6 is 0 Å². The molecule has 1 atom stereocenters. The summed E-state index contributed by atoms with van der Waals surface area (Å²) in [6.45, 7) is 10.3. The molecule has 4 nitrogen and oxygen atoms in total. The lowest BCUT2D eigenvalue weighted by Gasteiger charge is -2.25. The molecule has 0 aliphatic rings. The Hall–Kier alpha value is -0.610. The van der Waals surface area contributed by atoms with Crippen molar-refractivity contribution in [3.05, 3.63) is 0 Å². The lowest BCUT2D eigenvalue weighted by atomic mass is 9.83. The standard InChI is InChI=1S/C15H30O4.CH4/c1-11(2)13(6-7-15(3,4)5)14(18)19-10-12(8-16)9-17;/h11-13,16-17H,6-10H2,1-5H3;1H4. The fraction of sp³-hybridized carbons (Fsp3) is 0.938. The summed E-state index contributed by atoms with van der Waals surface area (Å²) in [5.41, 5.74) is 0.201. The second kappa shape index (κ2) is 10.2. The van der Waals surface area contributed by atoms with Crippen molar-refractivity contribution in [3.63, 3.8) is 0 Å². The molecule has 0 aromatic carbocycles. The maximum Gasteiger partial charge on any atom is 0.309 e. The van der Waals surface area contributed by atoms with Crippen molar-refractivity contribution < 1.29 is 19.7 Å². The average Bonchev–Trinajstić information content (AvgIpc) is 2.28. The highest BCUT2D eigenvalue weighted by atomic mass is 16.5. The van der Waals surface area contributed by atoms with Gasteiger partial charge in [0, 0.05) is 5.92 Å². The summed E-state index contributed by atoms with van der Waals surface area (Å²) in [6, 6.07) is 0. The van der Waals surface area contributed by atoms with E-state index in [1.807, 2.05) is 13.8 Å². The molecule has 2 N–H and O–H groups in total. The van der Waals surface area contributed by atoms with E-state index in [1.165, 1.54) is 0 Å².